The highest BCUT2D eigenvalue weighted by Gasteiger charge is 2.30. The predicted molar refractivity (Wildman–Crippen MR) is 82.4 cm³/mol. The summed E-state index contributed by atoms with van der Waals surface area (Å²) in [5.41, 5.74) is 1.18. The van der Waals surface area contributed by atoms with Gasteiger partial charge in [0.15, 0.2) is 0 Å². The van der Waals surface area contributed by atoms with Crippen LogP contribution >= 0.6 is 0 Å². The van der Waals surface area contributed by atoms with Crippen LogP contribution in [0.1, 0.15) is 45.2 Å². The maximum atomic E-state index is 12.5. The van der Waals surface area contributed by atoms with E-state index in [1.807, 2.05) is 18.2 Å². The van der Waals surface area contributed by atoms with E-state index in [9.17, 15) is 4.79 Å². The van der Waals surface area contributed by atoms with Gasteiger partial charge in [-0.05, 0) is 30.4 Å². The van der Waals surface area contributed by atoms with E-state index in [0.717, 1.165) is 25.9 Å². The second kappa shape index (κ2) is 6.40. The van der Waals surface area contributed by atoms with Gasteiger partial charge in [-0.2, -0.15) is 0 Å². The Morgan fingerprint density at radius 2 is 2.00 bits per heavy atom. The lowest BCUT2D eigenvalue weighted by atomic mass is 9.82. The Morgan fingerprint density at radius 3 is 2.55 bits per heavy atom. The van der Waals surface area contributed by atoms with Crippen molar-refractivity contribution in [1.29, 1.82) is 0 Å². The lowest BCUT2D eigenvalue weighted by Gasteiger charge is -2.34. The monoisotopic (exact) mass is 274 g/mol. The van der Waals surface area contributed by atoms with Crippen LogP contribution in [0.2, 0.25) is 0 Å². The Morgan fingerprint density at radius 1 is 1.30 bits per heavy atom. The molecule has 110 valence electrons. The van der Waals surface area contributed by atoms with Gasteiger partial charge >= 0.3 is 0 Å². The van der Waals surface area contributed by atoms with Crippen LogP contribution in [-0.4, -0.2) is 19.0 Å². The first-order valence-electron chi connectivity index (χ1n) is 7.54. The minimum absolute atomic E-state index is 0.000884. The first kappa shape index (κ1) is 15.0. The average molecular weight is 274 g/mol. The molecule has 1 aromatic rings. The number of carbonyl (C=O) groups excluding carboxylic acids is 1. The molecule has 0 saturated carbocycles. The molecule has 0 radical (unpaired) electrons. The van der Waals surface area contributed by atoms with E-state index in [-0.39, 0.29) is 23.3 Å². The fourth-order valence-corrected chi connectivity index (χ4v) is 2.78. The molecule has 2 N–H and O–H groups in total. The number of carbonyl (C=O) groups is 1. The zero-order chi connectivity index (χ0) is 14.6. The number of amides is 1. The summed E-state index contributed by atoms with van der Waals surface area (Å²) in [6, 6.07) is 10.3. The summed E-state index contributed by atoms with van der Waals surface area (Å²) in [6.45, 7) is 8.35. The molecule has 1 aliphatic heterocycles. The van der Waals surface area contributed by atoms with Gasteiger partial charge in [0.1, 0.15) is 0 Å². The topological polar surface area (TPSA) is 41.1 Å². The van der Waals surface area contributed by atoms with Crippen molar-refractivity contribution >= 4 is 5.91 Å². The molecule has 3 heteroatoms. The standard InChI is InChI=1S/C17H26N2O/c1-17(2,3)15(13-8-5-4-6-9-13)19-16(20)14-10-7-11-18-12-14/h4-6,8-9,14-15,18H,7,10-12H2,1-3H3,(H,19,20). The summed E-state index contributed by atoms with van der Waals surface area (Å²) < 4.78 is 0. The third kappa shape index (κ3) is 3.83. The van der Waals surface area contributed by atoms with Gasteiger partial charge in [0.05, 0.1) is 12.0 Å². The van der Waals surface area contributed by atoms with E-state index in [2.05, 4.69) is 43.5 Å². The van der Waals surface area contributed by atoms with E-state index >= 15 is 0 Å². The molecule has 0 aromatic heterocycles. The third-order valence-corrected chi connectivity index (χ3v) is 3.95. The summed E-state index contributed by atoms with van der Waals surface area (Å²) in [4.78, 5) is 12.5. The zero-order valence-corrected chi connectivity index (χ0v) is 12.8. The Balaban J connectivity index is 2.10. The highest BCUT2D eigenvalue weighted by atomic mass is 16.2. The van der Waals surface area contributed by atoms with Crippen LogP contribution in [0, 0.1) is 11.3 Å². The van der Waals surface area contributed by atoms with Gasteiger partial charge in [0, 0.05) is 6.54 Å². The Hall–Kier alpha value is -1.35. The van der Waals surface area contributed by atoms with Crippen molar-refractivity contribution in [2.75, 3.05) is 13.1 Å². The van der Waals surface area contributed by atoms with Crippen LogP contribution in [-0.2, 0) is 4.79 Å². The quantitative estimate of drug-likeness (QED) is 0.890. The molecule has 1 saturated heterocycles. The first-order valence-corrected chi connectivity index (χ1v) is 7.54. The predicted octanol–water partition coefficient (Wildman–Crippen LogP) is 2.89. The number of piperidine rings is 1. The first-order chi connectivity index (χ1) is 9.48. The average Bonchev–Trinajstić information content (AvgIpc) is 2.45. The minimum atomic E-state index is -0.000884. The smallest absolute Gasteiger partial charge is 0.224 e. The minimum Gasteiger partial charge on any atom is -0.348 e. The maximum Gasteiger partial charge on any atom is 0.224 e. The van der Waals surface area contributed by atoms with Crippen LogP contribution in [0.5, 0.6) is 0 Å². The largest absolute Gasteiger partial charge is 0.348 e. The number of benzene rings is 1. The number of rotatable bonds is 3. The van der Waals surface area contributed by atoms with Crippen LogP contribution < -0.4 is 10.6 Å². The summed E-state index contributed by atoms with van der Waals surface area (Å²) in [5, 5.41) is 6.57. The molecular weight excluding hydrogens is 248 g/mol. The van der Waals surface area contributed by atoms with Gasteiger partial charge in [0.25, 0.3) is 0 Å². The molecule has 1 fully saturated rings. The van der Waals surface area contributed by atoms with E-state index < -0.39 is 0 Å². The van der Waals surface area contributed by atoms with Crippen LogP contribution in [0.3, 0.4) is 0 Å². The molecule has 0 aliphatic carbocycles. The molecule has 0 spiro atoms. The maximum absolute atomic E-state index is 12.5. The molecule has 1 aromatic carbocycles. The number of hydrogen-bond acceptors (Lipinski definition) is 2. The highest BCUT2D eigenvalue weighted by molar-refractivity contribution is 5.79. The molecule has 2 atom stereocenters. The lowest BCUT2D eigenvalue weighted by Crippen LogP contribution is -2.44. The van der Waals surface area contributed by atoms with Crippen molar-refractivity contribution in [3.63, 3.8) is 0 Å². The van der Waals surface area contributed by atoms with Crippen LogP contribution in [0.15, 0.2) is 30.3 Å². The van der Waals surface area contributed by atoms with Crippen molar-refractivity contribution in [3.05, 3.63) is 35.9 Å². The van der Waals surface area contributed by atoms with Crippen molar-refractivity contribution < 1.29 is 4.79 Å². The number of nitrogens with one attached hydrogen (secondary N) is 2. The summed E-state index contributed by atoms with van der Waals surface area (Å²) in [7, 11) is 0. The molecule has 1 amide bonds. The van der Waals surface area contributed by atoms with Gasteiger partial charge in [-0.1, -0.05) is 51.1 Å². The fourth-order valence-electron chi connectivity index (χ4n) is 2.78. The Bertz CT molecular complexity index is 430. The van der Waals surface area contributed by atoms with Gasteiger partial charge in [-0.15, -0.1) is 0 Å². The van der Waals surface area contributed by atoms with Crippen LogP contribution in [0.4, 0.5) is 0 Å². The molecule has 2 rings (SSSR count). The molecule has 1 heterocycles. The molecule has 3 nitrogen and oxygen atoms in total. The summed E-state index contributed by atoms with van der Waals surface area (Å²) in [5.74, 6) is 0.290. The number of hydrogen-bond donors (Lipinski definition) is 2. The summed E-state index contributed by atoms with van der Waals surface area (Å²) in [6.07, 6.45) is 2.08. The summed E-state index contributed by atoms with van der Waals surface area (Å²) >= 11 is 0. The molecule has 0 bridgehead atoms. The second-order valence-electron chi connectivity index (χ2n) is 6.76. The van der Waals surface area contributed by atoms with Gasteiger partial charge in [0.2, 0.25) is 5.91 Å². The van der Waals surface area contributed by atoms with Crippen LogP contribution in [0.25, 0.3) is 0 Å². The van der Waals surface area contributed by atoms with E-state index in [0.29, 0.717) is 0 Å². The van der Waals surface area contributed by atoms with E-state index in [1.54, 1.807) is 0 Å². The normalized spacial score (nSPS) is 21.2. The Kier molecular flexibility index (Phi) is 4.81. The molecule has 1 aliphatic rings. The van der Waals surface area contributed by atoms with Gasteiger partial charge in [-0.25, -0.2) is 0 Å². The molecular formula is C17H26N2O. The lowest BCUT2D eigenvalue weighted by molar-refractivity contribution is -0.127. The van der Waals surface area contributed by atoms with Crippen molar-refractivity contribution in [2.45, 2.75) is 39.7 Å². The van der Waals surface area contributed by atoms with E-state index in [4.69, 9.17) is 0 Å². The molecule has 20 heavy (non-hydrogen) atoms. The molecule has 2 unspecified atom stereocenters. The second-order valence-corrected chi connectivity index (χ2v) is 6.76. The Labute approximate surface area is 122 Å². The van der Waals surface area contributed by atoms with Gasteiger partial charge in [-0.3, -0.25) is 4.79 Å². The van der Waals surface area contributed by atoms with E-state index in [1.165, 1.54) is 5.56 Å². The highest BCUT2D eigenvalue weighted by Crippen LogP contribution is 2.33. The third-order valence-electron chi connectivity index (χ3n) is 3.95. The van der Waals surface area contributed by atoms with Crippen molar-refractivity contribution in [2.24, 2.45) is 11.3 Å². The zero-order valence-electron chi connectivity index (χ0n) is 12.8. The fraction of sp³-hybridized carbons (Fsp3) is 0.588. The van der Waals surface area contributed by atoms with Gasteiger partial charge < -0.3 is 10.6 Å². The van der Waals surface area contributed by atoms with Crippen molar-refractivity contribution in [3.8, 4) is 0 Å². The SMILES string of the molecule is CC(C)(C)C(NC(=O)C1CCCNC1)c1ccccc1. The van der Waals surface area contributed by atoms with Crippen molar-refractivity contribution in [1.82, 2.24) is 10.6 Å².